The number of nitrogens with zero attached hydrogens (tertiary/aromatic N) is 2. The predicted octanol–water partition coefficient (Wildman–Crippen LogP) is 3.06. The largest absolute Gasteiger partial charge is 0.357 e. The number of halogens is 1. The number of likely N-dealkylation sites (tertiary alicyclic amines) is 1. The van der Waals surface area contributed by atoms with E-state index in [1.807, 2.05) is 0 Å². The third-order valence-corrected chi connectivity index (χ3v) is 4.73. The van der Waals surface area contributed by atoms with E-state index in [4.69, 9.17) is 10.7 Å². The number of nitrogens with one attached hydrogen (secondary N) is 2. The molecule has 0 aliphatic carbocycles. The first-order valence-electron chi connectivity index (χ1n) is 9.22. The normalized spacial score (nSPS) is 15.3. The first-order chi connectivity index (χ1) is 12.7. The number of urea groups is 1. The van der Waals surface area contributed by atoms with Gasteiger partial charge in [-0.3, -0.25) is 0 Å². The van der Waals surface area contributed by atoms with Crippen LogP contribution < -0.4 is 16.4 Å². The number of carbonyl (C=O) groups is 1. The molecular weight excluding hydrogens is 453 g/mol. The molecule has 3 rings (SSSR count). The molecule has 1 aliphatic heterocycles. The maximum atomic E-state index is 11.2. The molecule has 27 heavy (non-hydrogen) atoms. The van der Waals surface area contributed by atoms with Crippen LogP contribution in [0.5, 0.6) is 0 Å². The molecule has 0 aromatic heterocycles. The zero-order valence-corrected chi connectivity index (χ0v) is 18.0. The molecule has 0 atom stereocenters. The van der Waals surface area contributed by atoms with Gasteiger partial charge in [-0.2, -0.15) is 0 Å². The van der Waals surface area contributed by atoms with E-state index < -0.39 is 0 Å². The van der Waals surface area contributed by atoms with Crippen molar-refractivity contribution in [3.8, 4) is 0 Å². The summed E-state index contributed by atoms with van der Waals surface area (Å²) in [4.78, 5) is 17.6. The van der Waals surface area contributed by atoms with Gasteiger partial charge in [-0.05, 0) is 42.2 Å². The molecule has 0 spiro atoms. The highest BCUT2D eigenvalue weighted by Crippen LogP contribution is 2.16. The zero-order valence-electron chi connectivity index (χ0n) is 15.6. The van der Waals surface area contributed by atoms with Crippen LogP contribution in [0.3, 0.4) is 0 Å². The number of primary amides is 1. The Bertz CT molecular complexity index is 787. The van der Waals surface area contributed by atoms with Gasteiger partial charge in [0.25, 0.3) is 0 Å². The van der Waals surface area contributed by atoms with Gasteiger partial charge in [0.05, 0.1) is 6.54 Å². The minimum absolute atomic E-state index is 0. The van der Waals surface area contributed by atoms with E-state index in [0.29, 0.717) is 25.7 Å². The predicted molar refractivity (Wildman–Crippen MR) is 121 cm³/mol. The van der Waals surface area contributed by atoms with Crippen molar-refractivity contribution in [1.29, 1.82) is 0 Å². The van der Waals surface area contributed by atoms with Gasteiger partial charge >= 0.3 is 6.03 Å². The van der Waals surface area contributed by atoms with E-state index in [1.165, 1.54) is 16.3 Å². The molecule has 1 aliphatic rings. The van der Waals surface area contributed by atoms with Gasteiger partial charge in [0.15, 0.2) is 5.96 Å². The molecule has 0 radical (unpaired) electrons. The second-order valence-corrected chi connectivity index (χ2v) is 6.62. The summed E-state index contributed by atoms with van der Waals surface area (Å²) >= 11 is 0. The van der Waals surface area contributed by atoms with Crippen LogP contribution in [0.25, 0.3) is 10.8 Å². The first kappa shape index (κ1) is 21.3. The Kier molecular flexibility index (Phi) is 8.15. The number of carbonyl (C=O) groups excluding carboxylic acids is 1. The van der Waals surface area contributed by atoms with Crippen LogP contribution in [0, 0.1) is 0 Å². The third kappa shape index (κ3) is 5.98. The van der Waals surface area contributed by atoms with Crippen molar-refractivity contribution in [3.05, 3.63) is 48.0 Å². The average molecular weight is 481 g/mol. The molecule has 0 saturated carbocycles. The number of benzene rings is 2. The Hall–Kier alpha value is -2.03. The van der Waals surface area contributed by atoms with Crippen molar-refractivity contribution in [1.82, 2.24) is 15.5 Å². The summed E-state index contributed by atoms with van der Waals surface area (Å²) in [5, 5.41) is 9.26. The van der Waals surface area contributed by atoms with E-state index in [0.717, 1.165) is 25.3 Å². The molecule has 0 unspecified atom stereocenters. The van der Waals surface area contributed by atoms with Gasteiger partial charge < -0.3 is 21.3 Å². The molecule has 2 aromatic carbocycles. The van der Waals surface area contributed by atoms with E-state index in [-0.39, 0.29) is 30.0 Å². The minimum atomic E-state index is -0.333. The summed E-state index contributed by atoms with van der Waals surface area (Å²) in [5.74, 6) is 0.818. The van der Waals surface area contributed by atoms with Crippen LogP contribution >= 0.6 is 24.0 Å². The number of aliphatic imine (C=N–C) groups is 1. The standard InChI is InChI=1S/C20H27N5O.HI/c1-2-22-20(24-18-9-11-25(12-10-18)19(21)26)23-14-15-7-8-16-5-3-4-6-17(16)13-15;/h3-8,13,18H,2,9-12,14H2,1H3,(H2,21,26)(H2,22,23,24);1H. The Morgan fingerprint density at radius 1 is 1.19 bits per heavy atom. The Morgan fingerprint density at radius 2 is 1.89 bits per heavy atom. The van der Waals surface area contributed by atoms with Crippen LogP contribution in [0.2, 0.25) is 0 Å². The SMILES string of the molecule is CCNC(=NCc1ccc2ccccc2c1)NC1CCN(C(N)=O)CC1.I. The minimum Gasteiger partial charge on any atom is -0.357 e. The van der Waals surface area contributed by atoms with Crippen LogP contribution in [-0.4, -0.2) is 42.6 Å². The molecule has 6 nitrogen and oxygen atoms in total. The molecule has 0 bridgehead atoms. The van der Waals surface area contributed by atoms with Crippen molar-refractivity contribution < 1.29 is 4.79 Å². The number of rotatable bonds is 4. The lowest BCUT2D eigenvalue weighted by atomic mass is 10.1. The molecule has 146 valence electrons. The van der Waals surface area contributed by atoms with E-state index in [9.17, 15) is 4.79 Å². The molecule has 4 N–H and O–H groups in total. The van der Waals surface area contributed by atoms with Gasteiger partial charge in [-0.1, -0.05) is 36.4 Å². The van der Waals surface area contributed by atoms with Crippen molar-refractivity contribution in [2.45, 2.75) is 32.4 Å². The summed E-state index contributed by atoms with van der Waals surface area (Å²) in [6.07, 6.45) is 1.76. The molecule has 2 amide bonds. The maximum Gasteiger partial charge on any atom is 0.314 e. The van der Waals surface area contributed by atoms with Crippen molar-refractivity contribution in [3.63, 3.8) is 0 Å². The number of guanidine groups is 1. The highest BCUT2D eigenvalue weighted by Gasteiger charge is 2.21. The highest BCUT2D eigenvalue weighted by atomic mass is 127. The molecule has 1 saturated heterocycles. The van der Waals surface area contributed by atoms with Gasteiger partial charge in [-0.15, -0.1) is 24.0 Å². The molecule has 2 aromatic rings. The Labute approximate surface area is 177 Å². The number of nitrogens with two attached hydrogens (primary N) is 1. The average Bonchev–Trinajstić information content (AvgIpc) is 2.66. The third-order valence-electron chi connectivity index (χ3n) is 4.73. The number of piperidine rings is 1. The number of hydrogen-bond acceptors (Lipinski definition) is 2. The lowest BCUT2D eigenvalue weighted by Crippen LogP contribution is -2.50. The summed E-state index contributed by atoms with van der Waals surface area (Å²) in [5.41, 5.74) is 6.53. The number of amides is 2. The molecule has 7 heteroatoms. The lowest BCUT2D eigenvalue weighted by Gasteiger charge is -2.32. The first-order valence-corrected chi connectivity index (χ1v) is 9.22. The van der Waals surface area contributed by atoms with E-state index >= 15 is 0 Å². The summed E-state index contributed by atoms with van der Waals surface area (Å²) < 4.78 is 0. The van der Waals surface area contributed by atoms with Crippen LogP contribution in [0.15, 0.2) is 47.5 Å². The quantitative estimate of drug-likeness (QED) is 0.357. The monoisotopic (exact) mass is 481 g/mol. The highest BCUT2D eigenvalue weighted by molar-refractivity contribution is 14.0. The van der Waals surface area contributed by atoms with Crippen LogP contribution in [0.1, 0.15) is 25.3 Å². The van der Waals surface area contributed by atoms with Gasteiger partial charge in [0, 0.05) is 25.7 Å². The number of fused-ring (bicyclic) bond motifs is 1. The van der Waals surface area contributed by atoms with Gasteiger partial charge in [0.2, 0.25) is 0 Å². The zero-order chi connectivity index (χ0) is 18.4. The smallest absolute Gasteiger partial charge is 0.314 e. The van der Waals surface area contributed by atoms with Crippen molar-refractivity contribution >= 4 is 46.7 Å². The Morgan fingerprint density at radius 3 is 2.56 bits per heavy atom. The Balaban J connectivity index is 0.00000261. The van der Waals surface area contributed by atoms with E-state index in [1.54, 1.807) is 4.90 Å². The van der Waals surface area contributed by atoms with Crippen molar-refractivity contribution in [2.24, 2.45) is 10.7 Å². The van der Waals surface area contributed by atoms with Gasteiger partial charge in [0.1, 0.15) is 0 Å². The number of hydrogen-bond donors (Lipinski definition) is 3. The van der Waals surface area contributed by atoms with Crippen LogP contribution in [-0.2, 0) is 6.54 Å². The van der Waals surface area contributed by atoms with E-state index in [2.05, 4.69) is 60.0 Å². The maximum absolute atomic E-state index is 11.2. The fraction of sp³-hybridized carbons (Fsp3) is 0.400. The summed E-state index contributed by atoms with van der Waals surface area (Å²) in [6, 6.07) is 14.8. The second-order valence-electron chi connectivity index (χ2n) is 6.62. The van der Waals surface area contributed by atoms with Crippen LogP contribution in [0.4, 0.5) is 4.79 Å². The fourth-order valence-electron chi connectivity index (χ4n) is 3.27. The summed E-state index contributed by atoms with van der Waals surface area (Å²) in [7, 11) is 0. The molecular formula is C20H28IN5O. The second kappa shape index (κ2) is 10.3. The van der Waals surface area contributed by atoms with Gasteiger partial charge in [-0.25, -0.2) is 9.79 Å². The topological polar surface area (TPSA) is 82.8 Å². The summed E-state index contributed by atoms with van der Waals surface area (Å²) in [6.45, 7) is 4.88. The molecule has 1 fully saturated rings. The van der Waals surface area contributed by atoms with Crippen molar-refractivity contribution in [2.75, 3.05) is 19.6 Å². The molecule has 1 heterocycles. The fourth-order valence-corrected chi connectivity index (χ4v) is 3.27. The lowest BCUT2D eigenvalue weighted by molar-refractivity contribution is 0.188.